The fourth-order valence-corrected chi connectivity index (χ4v) is 2.67. The predicted octanol–water partition coefficient (Wildman–Crippen LogP) is 3.51. The molecule has 0 radical (unpaired) electrons. The van der Waals surface area contributed by atoms with Crippen LogP contribution in [0.5, 0.6) is 0 Å². The molecule has 0 saturated heterocycles. The predicted molar refractivity (Wildman–Crippen MR) is 94.7 cm³/mol. The molecule has 4 nitrogen and oxygen atoms in total. The fourth-order valence-electron chi connectivity index (χ4n) is 2.67. The second kappa shape index (κ2) is 7.13. The Morgan fingerprint density at radius 1 is 1.08 bits per heavy atom. The van der Waals surface area contributed by atoms with Crippen LogP contribution in [-0.2, 0) is 13.1 Å². The first-order chi connectivity index (χ1) is 11.6. The van der Waals surface area contributed by atoms with Crippen molar-refractivity contribution in [3.05, 3.63) is 89.2 Å². The average Bonchev–Trinajstić information content (AvgIpc) is 3.05. The van der Waals surface area contributed by atoms with Gasteiger partial charge in [-0.2, -0.15) is 5.10 Å². The monoisotopic (exact) mass is 319 g/mol. The van der Waals surface area contributed by atoms with Gasteiger partial charge in [0.25, 0.3) is 5.91 Å². The third kappa shape index (κ3) is 3.71. The first-order valence-electron chi connectivity index (χ1n) is 8.00. The van der Waals surface area contributed by atoms with Crippen LogP contribution in [0.25, 0.3) is 0 Å². The van der Waals surface area contributed by atoms with Gasteiger partial charge in [0.05, 0.1) is 18.3 Å². The summed E-state index contributed by atoms with van der Waals surface area (Å²) < 4.78 is 1.80. The zero-order valence-corrected chi connectivity index (χ0v) is 14.0. The number of hydrogen-bond donors (Lipinski definition) is 0. The quantitative estimate of drug-likeness (QED) is 0.722. The van der Waals surface area contributed by atoms with E-state index in [1.54, 1.807) is 15.8 Å². The van der Waals surface area contributed by atoms with Gasteiger partial charge in [0, 0.05) is 19.8 Å². The van der Waals surface area contributed by atoms with Crippen LogP contribution in [-0.4, -0.2) is 27.6 Å². The van der Waals surface area contributed by atoms with Crippen LogP contribution in [0.2, 0.25) is 0 Å². The van der Waals surface area contributed by atoms with Crippen LogP contribution < -0.4 is 0 Å². The summed E-state index contributed by atoms with van der Waals surface area (Å²) in [4.78, 5) is 14.3. The largest absolute Gasteiger partial charge is 0.337 e. The van der Waals surface area contributed by atoms with E-state index < -0.39 is 0 Å². The number of nitrogens with zero attached hydrogens (tertiary/aromatic N) is 3. The molecule has 0 bridgehead atoms. The van der Waals surface area contributed by atoms with E-state index in [2.05, 4.69) is 24.2 Å². The zero-order chi connectivity index (χ0) is 16.9. The van der Waals surface area contributed by atoms with Gasteiger partial charge in [-0.3, -0.25) is 9.48 Å². The number of rotatable bonds is 5. The molecule has 0 saturated carbocycles. The summed E-state index contributed by atoms with van der Waals surface area (Å²) in [5.74, 6) is -0.0161. The number of aromatic nitrogens is 2. The Balaban J connectivity index is 1.68. The van der Waals surface area contributed by atoms with E-state index in [-0.39, 0.29) is 5.91 Å². The Bertz CT molecular complexity index is 824. The Kier molecular flexibility index (Phi) is 4.75. The number of aryl methyl sites for hydroxylation is 1. The highest BCUT2D eigenvalue weighted by molar-refractivity contribution is 5.93. The van der Waals surface area contributed by atoms with Gasteiger partial charge in [-0.05, 0) is 23.6 Å². The SMILES string of the molecule is Cc1ccccc1CN(C)C(=O)c1cnn(Cc2ccccc2)c1. The molecule has 24 heavy (non-hydrogen) atoms. The normalized spacial score (nSPS) is 10.6. The van der Waals surface area contributed by atoms with E-state index in [1.165, 1.54) is 5.56 Å². The van der Waals surface area contributed by atoms with Crippen LogP contribution in [0.3, 0.4) is 0 Å². The molecule has 3 rings (SSSR count). The van der Waals surface area contributed by atoms with E-state index in [0.29, 0.717) is 18.7 Å². The standard InChI is InChI=1S/C20H21N3O/c1-16-8-6-7-11-18(16)14-22(2)20(24)19-12-21-23(15-19)13-17-9-4-3-5-10-17/h3-12,15H,13-14H2,1-2H3. The summed E-state index contributed by atoms with van der Waals surface area (Å²) in [5.41, 5.74) is 4.12. The van der Waals surface area contributed by atoms with Gasteiger partial charge in [-0.1, -0.05) is 54.6 Å². The fraction of sp³-hybridized carbons (Fsp3) is 0.200. The highest BCUT2D eigenvalue weighted by Gasteiger charge is 2.15. The van der Waals surface area contributed by atoms with Crippen molar-refractivity contribution in [2.75, 3.05) is 7.05 Å². The van der Waals surface area contributed by atoms with Crippen molar-refractivity contribution in [3.63, 3.8) is 0 Å². The van der Waals surface area contributed by atoms with Crippen molar-refractivity contribution in [1.82, 2.24) is 14.7 Å². The lowest BCUT2D eigenvalue weighted by atomic mass is 10.1. The van der Waals surface area contributed by atoms with Crippen molar-refractivity contribution in [2.45, 2.75) is 20.0 Å². The molecule has 0 unspecified atom stereocenters. The van der Waals surface area contributed by atoms with Gasteiger partial charge in [-0.15, -0.1) is 0 Å². The molecule has 1 heterocycles. The van der Waals surface area contributed by atoms with Crippen molar-refractivity contribution in [2.24, 2.45) is 0 Å². The molecule has 0 aliphatic heterocycles. The van der Waals surface area contributed by atoms with Gasteiger partial charge in [0.1, 0.15) is 0 Å². The summed E-state index contributed by atoms with van der Waals surface area (Å²) in [5, 5.41) is 4.31. The van der Waals surface area contributed by atoms with Crippen molar-refractivity contribution >= 4 is 5.91 Å². The molecule has 122 valence electrons. The van der Waals surface area contributed by atoms with E-state index in [4.69, 9.17) is 0 Å². The number of carbonyl (C=O) groups is 1. The number of hydrogen-bond acceptors (Lipinski definition) is 2. The Morgan fingerprint density at radius 2 is 1.79 bits per heavy atom. The number of benzene rings is 2. The van der Waals surface area contributed by atoms with E-state index in [1.807, 2.05) is 55.7 Å². The summed E-state index contributed by atoms with van der Waals surface area (Å²) >= 11 is 0. The maximum atomic E-state index is 12.6. The van der Waals surface area contributed by atoms with Gasteiger partial charge in [0.2, 0.25) is 0 Å². The maximum absolute atomic E-state index is 12.6. The highest BCUT2D eigenvalue weighted by Crippen LogP contribution is 2.12. The second-order valence-electron chi connectivity index (χ2n) is 6.00. The molecular weight excluding hydrogens is 298 g/mol. The summed E-state index contributed by atoms with van der Waals surface area (Å²) in [6, 6.07) is 18.2. The van der Waals surface area contributed by atoms with Crippen LogP contribution in [0, 0.1) is 6.92 Å². The minimum atomic E-state index is -0.0161. The van der Waals surface area contributed by atoms with Crippen LogP contribution >= 0.6 is 0 Å². The van der Waals surface area contributed by atoms with Crippen LogP contribution in [0.1, 0.15) is 27.0 Å². The summed E-state index contributed by atoms with van der Waals surface area (Å²) in [6.45, 7) is 3.32. The molecular formula is C20H21N3O. The maximum Gasteiger partial charge on any atom is 0.257 e. The third-order valence-electron chi connectivity index (χ3n) is 4.08. The molecule has 1 aromatic heterocycles. The summed E-state index contributed by atoms with van der Waals surface area (Å²) in [7, 11) is 1.82. The first kappa shape index (κ1) is 16.0. The van der Waals surface area contributed by atoms with Crippen molar-refractivity contribution in [1.29, 1.82) is 0 Å². The van der Waals surface area contributed by atoms with Gasteiger partial charge < -0.3 is 4.90 Å². The first-order valence-corrected chi connectivity index (χ1v) is 8.00. The zero-order valence-electron chi connectivity index (χ0n) is 14.0. The molecule has 0 aliphatic rings. The lowest BCUT2D eigenvalue weighted by Crippen LogP contribution is -2.26. The molecule has 0 atom stereocenters. The van der Waals surface area contributed by atoms with Crippen LogP contribution in [0.4, 0.5) is 0 Å². The molecule has 1 amide bonds. The number of amides is 1. The van der Waals surface area contributed by atoms with E-state index in [0.717, 1.165) is 11.1 Å². The number of carbonyl (C=O) groups excluding carboxylic acids is 1. The van der Waals surface area contributed by atoms with E-state index in [9.17, 15) is 4.79 Å². The Morgan fingerprint density at radius 3 is 2.54 bits per heavy atom. The minimum absolute atomic E-state index is 0.0161. The highest BCUT2D eigenvalue weighted by atomic mass is 16.2. The molecule has 0 fully saturated rings. The van der Waals surface area contributed by atoms with Gasteiger partial charge in [-0.25, -0.2) is 0 Å². The van der Waals surface area contributed by atoms with Gasteiger partial charge >= 0.3 is 0 Å². The Labute approximate surface area is 142 Å². The topological polar surface area (TPSA) is 38.1 Å². The lowest BCUT2D eigenvalue weighted by molar-refractivity contribution is 0.0785. The molecule has 0 aliphatic carbocycles. The average molecular weight is 319 g/mol. The lowest BCUT2D eigenvalue weighted by Gasteiger charge is -2.17. The third-order valence-corrected chi connectivity index (χ3v) is 4.08. The molecule has 4 heteroatoms. The second-order valence-corrected chi connectivity index (χ2v) is 6.00. The molecule has 0 N–H and O–H groups in total. The van der Waals surface area contributed by atoms with Crippen molar-refractivity contribution in [3.8, 4) is 0 Å². The Hall–Kier alpha value is -2.88. The minimum Gasteiger partial charge on any atom is -0.337 e. The van der Waals surface area contributed by atoms with Crippen molar-refractivity contribution < 1.29 is 4.79 Å². The van der Waals surface area contributed by atoms with Crippen LogP contribution in [0.15, 0.2) is 67.0 Å². The smallest absolute Gasteiger partial charge is 0.257 e. The van der Waals surface area contributed by atoms with Gasteiger partial charge in [0.15, 0.2) is 0 Å². The molecule has 2 aromatic carbocycles. The molecule has 3 aromatic rings. The summed E-state index contributed by atoms with van der Waals surface area (Å²) in [6.07, 6.45) is 3.45. The molecule has 0 spiro atoms. The van der Waals surface area contributed by atoms with E-state index >= 15 is 0 Å².